The maximum Gasteiger partial charge on any atom is 0.332 e. The molecule has 0 aromatic rings. The SMILES string of the molecule is C=CC1(C)CCC(=NNC(N)=O)CC1. The van der Waals surface area contributed by atoms with Crippen LogP contribution in [0.5, 0.6) is 0 Å². The van der Waals surface area contributed by atoms with E-state index >= 15 is 0 Å². The first-order valence-electron chi connectivity index (χ1n) is 4.80. The van der Waals surface area contributed by atoms with Gasteiger partial charge in [-0.15, -0.1) is 6.58 Å². The molecule has 0 bridgehead atoms. The Balaban J connectivity index is 2.46. The molecule has 2 amide bonds. The van der Waals surface area contributed by atoms with Crippen molar-refractivity contribution < 1.29 is 4.79 Å². The highest BCUT2D eigenvalue weighted by atomic mass is 16.2. The zero-order chi connectivity index (χ0) is 10.6. The van der Waals surface area contributed by atoms with E-state index in [9.17, 15) is 4.79 Å². The fourth-order valence-electron chi connectivity index (χ4n) is 1.56. The summed E-state index contributed by atoms with van der Waals surface area (Å²) in [4.78, 5) is 10.4. The van der Waals surface area contributed by atoms with Crippen molar-refractivity contribution in [1.82, 2.24) is 5.43 Å². The summed E-state index contributed by atoms with van der Waals surface area (Å²) < 4.78 is 0. The highest BCUT2D eigenvalue weighted by molar-refractivity contribution is 5.86. The molecule has 1 aliphatic rings. The lowest BCUT2D eigenvalue weighted by molar-refractivity contribution is 0.249. The predicted molar refractivity (Wildman–Crippen MR) is 56.9 cm³/mol. The van der Waals surface area contributed by atoms with Crippen LogP contribution < -0.4 is 11.2 Å². The highest BCUT2D eigenvalue weighted by Crippen LogP contribution is 2.35. The second-order valence-electron chi connectivity index (χ2n) is 4.01. The minimum Gasteiger partial charge on any atom is -0.350 e. The Morgan fingerprint density at radius 3 is 2.64 bits per heavy atom. The Hall–Kier alpha value is -1.32. The van der Waals surface area contributed by atoms with E-state index in [1.807, 2.05) is 6.08 Å². The lowest BCUT2D eigenvalue weighted by Crippen LogP contribution is -2.28. The van der Waals surface area contributed by atoms with Crippen LogP contribution in [-0.2, 0) is 0 Å². The average Bonchev–Trinajstić information content (AvgIpc) is 2.17. The molecular weight excluding hydrogens is 178 g/mol. The van der Waals surface area contributed by atoms with Gasteiger partial charge in [0.25, 0.3) is 0 Å². The monoisotopic (exact) mass is 195 g/mol. The van der Waals surface area contributed by atoms with Crippen molar-refractivity contribution in [2.45, 2.75) is 32.6 Å². The zero-order valence-corrected chi connectivity index (χ0v) is 8.55. The van der Waals surface area contributed by atoms with Crippen LogP contribution >= 0.6 is 0 Å². The molecule has 1 aliphatic carbocycles. The molecule has 0 aliphatic heterocycles. The summed E-state index contributed by atoms with van der Waals surface area (Å²) in [5.74, 6) is 0. The smallest absolute Gasteiger partial charge is 0.332 e. The van der Waals surface area contributed by atoms with Gasteiger partial charge in [0.05, 0.1) is 0 Å². The Kier molecular flexibility index (Phi) is 3.28. The molecule has 78 valence electrons. The number of amides is 2. The normalized spacial score (nSPS) is 26.8. The number of nitrogens with one attached hydrogen (secondary N) is 1. The van der Waals surface area contributed by atoms with Crippen molar-refractivity contribution in [3.05, 3.63) is 12.7 Å². The van der Waals surface area contributed by atoms with Gasteiger partial charge in [-0.1, -0.05) is 13.0 Å². The van der Waals surface area contributed by atoms with E-state index in [-0.39, 0.29) is 5.41 Å². The van der Waals surface area contributed by atoms with Crippen molar-refractivity contribution in [2.75, 3.05) is 0 Å². The van der Waals surface area contributed by atoms with Gasteiger partial charge in [0.2, 0.25) is 0 Å². The molecule has 4 heteroatoms. The second kappa shape index (κ2) is 4.26. The van der Waals surface area contributed by atoms with Crippen molar-refractivity contribution >= 4 is 11.7 Å². The maximum absolute atomic E-state index is 10.4. The molecule has 1 saturated carbocycles. The summed E-state index contributed by atoms with van der Waals surface area (Å²) in [6.45, 7) is 6.02. The van der Waals surface area contributed by atoms with Crippen molar-refractivity contribution in [3.63, 3.8) is 0 Å². The van der Waals surface area contributed by atoms with Crippen LogP contribution in [0.2, 0.25) is 0 Å². The number of hydrogen-bond donors (Lipinski definition) is 2. The average molecular weight is 195 g/mol. The molecule has 0 unspecified atom stereocenters. The van der Waals surface area contributed by atoms with Gasteiger partial charge in [-0.3, -0.25) is 0 Å². The lowest BCUT2D eigenvalue weighted by Gasteiger charge is -2.30. The number of carbonyl (C=O) groups is 1. The molecule has 4 nitrogen and oxygen atoms in total. The van der Waals surface area contributed by atoms with Gasteiger partial charge in [0, 0.05) is 5.71 Å². The first kappa shape index (κ1) is 10.8. The molecule has 1 fully saturated rings. The van der Waals surface area contributed by atoms with Crippen LogP contribution in [0.3, 0.4) is 0 Å². The number of rotatable bonds is 2. The Bertz CT molecular complexity index is 261. The number of nitrogens with two attached hydrogens (primary N) is 1. The zero-order valence-electron chi connectivity index (χ0n) is 8.55. The minimum absolute atomic E-state index is 0.228. The summed E-state index contributed by atoms with van der Waals surface area (Å²) in [5.41, 5.74) is 8.42. The first-order valence-corrected chi connectivity index (χ1v) is 4.80. The van der Waals surface area contributed by atoms with Crippen molar-refractivity contribution in [3.8, 4) is 0 Å². The summed E-state index contributed by atoms with van der Waals surface area (Å²) >= 11 is 0. The molecule has 14 heavy (non-hydrogen) atoms. The van der Waals surface area contributed by atoms with Gasteiger partial charge in [-0.2, -0.15) is 5.10 Å². The van der Waals surface area contributed by atoms with Crippen LogP contribution in [0, 0.1) is 5.41 Å². The number of hydrazone groups is 1. The quantitative estimate of drug-likeness (QED) is 0.512. The van der Waals surface area contributed by atoms with Crippen LogP contribution in [-0.4, -0.2) is 11.7 Å². The van der Waals surface area contributed by atoms with Crippen molar-refractivity contribution in [2.24, 2.45) is 16.3 Å². The standard InChI is InChI=1S/C10H17N3O/c1-3-10(2)6-4-8(5-7-10)12-13-9(11)14/h3H,1,4-7H2,2H3,(H3,11,13,14). The molecule has 0 heterocycles. The van der Waals surface area contributed by atoms with Gasteiger partial charge in [-0.25, -0.2) is 10.2 Å². The minimum atomic E-state index is -0.602. The van der Waals surface area contributed by atoms with Gasteiger partial charge in [0.1, 0.15) is 0 Å². The topological polar surface area (TPSA) is 67.5 Å². The first-order chi connectivity index (χ1) is 6.56. The van der Waals surface area contributed by atoms with E-state index in [1.54, 1.807) is 0 Å². The van der Waals surface area contributed by atoms with E-state index < -0.39 is 6.03 Å². The molecule has 0 saturated heterocycles. The number of allylic oxidation sites excluding steroid dienone is 1. The third kappa shape index (κ3) is 2.87. The molecule has 0 atom stereocenters. The molecule has 0 aromatic heterocycles. The predicted octanol–water partition coefficient (Wildman–Crippen LogP) is 1.78. The van der Waals surface area contributed by atoms with Gasteiger partial charge >= 0.3 is 6.03 Å². The molecule has 0 spiro atoms. The van der Waals surface area contributed by atoms with E-state index in [0.717, 1.165) is 31.4 Å². The molecule has 1 rings (SSSR count). The third-order valence-corrected chi connectivity index (χ3v) is 2.79. The van der Waals surface area contributed by atoms with Crippen LogP contribution in [0.25, 0.3) is 0 Å². The van der Waals surface area contributed by atoms with Gasteiger partial charge in [-0.05, 0) is 31.1 Å². The number of nitrogens with zero attached hydrogens (tertiary/aromatic N) is 1. The van der Waals surface area contributed by atoms with E-state index in [4.69, 9.17) is 5.73 Å². The Morgan fingerprint density at radius 2 is 2.21 bits per heavy atom. The lowest BCUT2D eigenvalue weighted by atomic mass is 9.75. The summed E-state index contributed by atoms with van der Waals surface area (Å²) in [7, 11) is 0. The van der Waals surface area contributed by atoms with Crippen molar-refractivity contribution in [1.29, 1.82) is 0 Å². The fourth-order valence-corrected chi connectivity index (χ4v) is 1.56. The van der Waals surface area contributed by atoms with Gasteiger partial charge < -0.3 is 5.73 Å². The van der Waals surface area contributed by atoms with E-state index in [1.165, 1.54) is 0 Å². The van der Waals surface area contributed by atoms with Crippen LogP contribution in [0.15, 0.2) is 17.8 Å². The van der Waals surface area contributed by atoms with E-state index in [2.05, 4.69) is 24.0 Å². The Labute approximate surface area is 84.2 Å². The van der Waals surface area contributed by atoms with Gasteiger partial charge in [0.15, 0.2) is 0 Å². The number of carbonyl (C=O) groups excluding carboxylic acids is 1. The largest absolute Gasteiger partial charge is 0.350 e. The molecule has 0 radical (unpaired) electrons. The third-order valence-electron chi connectivity index (χ3n) is 2.79. The number of primary amides is 1. The summed E-state index contributed by atoms with van der Waals surface area (Å²) in [5, 5.41) is 3.94. The second-order valence-corrected chi connectivity index (χ2v) is 4.01. The molecular formula is C10H17N3O. The number of hydrogen-bond acceptors (Lipinski definition) is 2. The Morgan fingerprint density at radius 1 is 1.64 bits per heavy atom. The maximum atomic E-state index is 10.4. The molecule has 0 aromatic carbocycles. The van der Waals surface area contributed by atoms with Crippen LogP contribution in [0.1, 0.15) is 32.6 Å². The van der Waals surface area contributed by atoms with Crippen LogP contribution in [0.4, 0.5) is 4.79 Å². The highest BCUT2D eigenvalue weighted by Gasteiger charge is 2.25. The van der Waals surface area contributed by atoms with E-state index in [0.29, 0.717) is 0 Å². The summed E-state index contributed by atoms with van der Waals surface area (Å²) in [6.07, 6.45) is 5.89. The number of urea groups is 1. The molecule has 3 N–H and O–H groups in total. The summed E-state index contributed by atoms with van der Waals surface area (Å²) in [6, 6.07) is -0.602. The fraction of sp³-hybridized carbons (Fsp3) is 0.600.